The molecule has 2 saturated carbocycles. The van der Waals surface area contributed by atoms with Crippen LogP contribution >= 0.6 is 12.2 Å². The molecule has 1 heterocycles. The first-order valence-electron chi connectivity index (χ1n) is 8.34. The highest BCUT2D eigenvalue weighted by Gasteiger charge is 2.35. The summed E-state index contributed by atoms with van der Waals surface area (Å²) in [6, 6.07) is 4.20. The van der Waals surface area contributed by atoms with Gasteiger partial charge in [0.2, 0.25) is 0 Å². The zero-order chi connectivity index (χ0) is 16.8. The predicted molar refractivity (Wildman–Crippen MR) is 89.1 cm³/mol. The van der Waals surface area contributed by atoms with Crippen molar-refractivity contribution in [2.24, 2.45) is 0 Å². The van der Waals surface area contributed by atoms with E-state index < -0.39 is 11.6 Å². The maximum Gasteiger partial charge on any atom is 0.199 e. The van der Waals surface area contributed by atoms with Crippen LogP contribution in [0.1, 0.15) is 49.0 Å². The second kappa shape index (κ2) is 6.04. The van der Waals surface area contributed by atoms with Crippen LogP contribution in [-0.4, -0.2) is 26.3 Å². The molecule has 128 valence electrons. The molecule has 0 amide bonds. The Labute approximate surface area is 144 Å². The van der Waals surface area contributed by atoms with Gasteiger partial charge in [-0.2, -0.15) is 5.10 Å². The zero-order valence-corrected chi connectivity index (χ0v) is 14.4. The third-order valence-electron chi connectivity index (χ3n) is 4.58. The fraction of sp³-hybridized carbons (Fsp3) is 0.529. The Kier molecular flexibility index (Phi) is 4.00. The van der Waals surface area contributed by atoms with E-state index in [4.69, 9.17) is 17.3 Å². The summed E-state index contributed by atoms with van der Waals surface area (Å²) in [5.74, 6) is 0.586. The Hall–Kier alpha value is -1.60. The molecule has 2 aliphatic carbocycles. The molecule has 1 aromatic carbocycles. The van der Waals surface area contributed by atoms with Gasteiger partial charge in [0.1, 0.15) is 17.5 Å². The number of nitrogens with zero attached hydrogens (tertiary/aromatic N) is 4. The summed E-state index contributed by atoms with van der Waals surface area (Å²) < 4.78 is 31.6. The van der Waals surface area contributed by atoms with E-state index in [2.05, 4.69) is 4.57 Å². The summed E-state index contributed by atoms with van der Waals surface area (Å²) in [4.78, 5) is 1.94. The summed E-state index contributed by atoms with van der Waals surface area (Å²) >= 11 is 5.62. The molecule has 1 aromatic heterocycles. The van der Waals surface area contributed by atoms with E-state index in [0.29, 0.717) is 30.7 Å². The van der Waals surface area contributed by atoms with Gasteiger partial charge in [0.05, 0.1) is 6.67 Å². The molecular weight excluding hydrogens is 330 g/mol. The molecule has 24 heavy (non-hydrogen) atoms. The lowest BCUT2D eigenvalue weighted by Gasteiger charge is -2.17. The van der Waals surface area contributed by atoms with Crippen molar-refractivity contribution >= 4 is 12.2 Å². The number of benzene rings is 1. The Balaban J connectivity index is 1.52. The van der Waals surface area contributed by atoms with Gasteiger partial charge in [0.15, 0.2) is 4.77 Å². The molecule has 0 unspecified atom stereocenters. The van der Waals surface area contributed by atoms with Gasteiger partial charge in [-0.25, -0.2) is 13.5 Å². The Morgan fingerprint density at radius 2 is 2.00 bits per heavy atom. The second-order valence-corrected chi connectivity index (χ2v) is 7.27. The normalized spacial score (nSPS) is 17.7. The van der Waals surface area contributed by atoms with E-state index in [9.17, 15) is 8.78 Å². The lowest BCUT2D eigenvalue weighted by molar-refractivity contribution is 0.240. The smallest absolute Gasteiger partial charge is 0.199 e. The monoisotopic (exact) mass is 350 g/mol. The summed E-state index contributed by atoms with van der Waals surface area (Å²) in [5.41, 5.74) is 0.467. The maximum atomic E-state index is 13.8. The highest BCUT2D eigenvalue weighted by Crippen LogP contribution is 2.44. The first kappa shape index (κ1) is 15.9. The van der Waals surface area contributed by atoms with Crippen LogP contribution in [0.3, 0.4) is 0 Å². The minimum Gasteiger partial charge on any atom is -0.301 e. The minimum absolute atomic E-state index is 0.378. The lowest BCUT2D eigenvalue weighted by atomic mass is 10.2. The predicted octanol–water partition coefficient (Wildman–Crippen LogP) is 3.99. The van der Waals surface area contributed by atoms with Gasteiger partial charge in [-0.3, -0.25) is 4.90 Å². The Bertz CT molecular complexity index is 820. The minimum atomic E-state index is -0.557. The number of aromatic nitrogens is 3. The fourth-order valence-corrected chi connectivity index (χ4v) is 3.39. The van der Waals surface area contributed by atoms with Crippen molar-refractivity contribution < 1.29 is 8.78 Å². The van der Waals surface area contributed by atoms with Gasteiger partial charge >= 0.3 is 0 Å². The van der Waals surface area contributed by atoms with Gasteiger partial charge in [-0.15, -0.1) is 0 Å². The van der Waals surface area contributed by atoms with Crippen molar-refractivity contribution in [3.05, 3.63) is 46.0 Å². The van der Waals surface area contributed by atoms with Crippen LogP contribution < -0.4 is 0 Å². The maximum absolute atomic E-state index is 13.8. The highest BCUT2D eigenvalue weighted by atomic mass is 32.1. The molecule has 0 saturated heterocycles. The average Bonchev–Trinajstić information content (AvgIpc) is 3.43. The summed E-state index contributed by atoms with van der Waals surface area (Å²) in [6.45, 7) is 0.873. The first-order chi connectivity index (χ1) is 11.5. The van der Waals surface area contributed by atoms with Crippen LogP contribution in [-0.2, 0) is 13.2 Å². The lowest BCUT2D eigenvalue weighted by Crippen LogP contribution is -2.23. The molecule has 2 fully saturated rings. The molecule has 0 atom stereocenters. The highest BCUT2D eigenvalue weighted by molar-refractivity contribution is 7.71. The molecule has 0 aliphatic heterocycles. The van der Waals surface area contributed by atoms with Crippen molar-refractivity contribution in [3.63, 3.8) is 0 Å². The number of hydrogen-bond donors (Lipinski definition) is 0. The Morgan fingerprint density at radius 3 is 2.62 bits per heavy atom. The molecule has 0 N–H and O–H groups in total. The summed E-state index contributed by atoms with van der Waals surface area (Å²) in [5, 5.41) is 4.73. The van der Waals surface area contributed by atoms with Crippen LogP contribution in [0, 0.1) is 16.4 Å². The number of rotatable bonds is 6. The number of halogens is 2. The van der Waals surface area contributed by atoms with Crippen molar-refractivity contribution in [1.82, 2.24) is 19.2 Å². The second-order valence-electron chi connectivity index (χ2n) is 6.91. The van der Waals surface area contributed by atoms with Gasteiger partial charge in [-0.1, -0.05) is 6.07 Å². The van der Waals surface area contributed by atoms with Crippen molar-refractivity contribution in [2.45, 2.75) is 50.9 Å². The fourth-order valence-electron chi connectivity index (χ4n) is 3.04. The van der Waals surface area contributed by atoms with Crippen LogP contribution in [0.4, 0.5) is 8.78 Å². The SMILES string of the molecule is CN(Cc1ccc(F)cc1F)Cn1nc(C2CC2)n(C2CC2)c1=S. The molecule has 4 nitrogen and oxygen atoms in total. The largest absolute Gasteiger partial charge is 0.301 e. The molecular formula is C17H20F2N4S. The van der Waals surface area contributed by atoms with Gasteiger partial charge in [0, 0.05) is 30.1 Å². The van der Waals surface area contributed by atoms with Crippen LogP contribution in [0.15, 0.2) is 18.2 Å². The molecule has 0 bridgehead atoms. The topological polar surface area (TPSA) is 26.0 Å². The van der Waals surface area contributed by atoms with Gasteiger partial charge in [0.25, 0.3) is 0 Å². The van der Waals surface area contributed by atoms with Crippen molar-refractivity contribution in [1.29, 1.82) is 0 Å². The van der Waals surface area contributed by atoms with E-state index in [-0.39, 0.29) is 0 Å². The quantitative estimate of drug-likeness (QED) is 0.737. The van der Waals surface area contributed by atoms with E-state index in [1.807, 2.05) is 16.6 Å². The molecule has 0 radical (unpaired) electrons. The summed E-state index contributed by atoms with van der Waals surface area (Å²) in [6.07, 6.45) is 4.73. The molecule has 0 spiro atoms. The van der Waals surface area contributed by atoms with E-state index in [1.54, 1.807) is 0 Å². The third kappa shape index (κ3) is 3.15. The molecule has 4 rings (SSSR count). The number of hydrogen-bond acceptors (Lipinski definition) is 3. The van der Waals surface area contributed by atoms with Gasteiger partial charge in [-0.05, 0) is 51.0 Å². The van der Waals surface area contributed by atoms with E-state index in [0.717, 1.165) is 16.7 Å². The third-order valence-corrected chi connectivity index (χ3v) is 4.99. The van der Waals surface area contributed by atoms with Crippen molar-refractivity contribution in [2.75, 3.05) is 7.05 Å². The van der Waals surface area contributed by atoms with E-state index in [1.165, 1.54) is 37.8 Å². The van der Waals surface area contributed by atoms with Gasteiger partial charge < -0.3 is 4.57 Å². The molecule has 2 aliphatic rings. The van der Waals surface area contributed by atoms with E-state index >= 15 is 0 Å². The average molecular weight is 350 g/mol. The Morgan fingerprint density at radius 1 is 1.25 bits per heavy atom. The standard InChI is InChI=1S/C17H20F2N4S/c1-21(9-12-4-5-13(18)8-15(12)19)10-22-17(24)23(14-6-7-14)16(20-22)11-2-3-11/h4-5,8,11,14H,2-3,6-7,9-10H2,1H3. The molecule has 7 heteroatoms. The molecule has 2 aromatic rings. The van der Waals surface area contributed by atoms with Crippen LogP contribution in [0.25, 0.3) is 0 Å². The van der Waals surface area contributed by atoms with Crippen LogP contribution in [0.5, 0.6) is 0 Å². The summed E-state index contributed by atoms with van der Waals surface area (Å²) in [7, 11) is 1.89. The van der Waals surface area contributed by atoms with Crippen molar-refractivity contribution in [3.8, 4) is 0 Å². The first-order valence-corrected chi connectivity index (χ1v) is 8.75. The van der Waals surface area contributed by atoms with Crippen LogP contribution in [0.2, 0.25) is 0 Å². The zero-order valence-electron chi connectivity index (χ0n) is 13.6.